The molecule has 1 aromatic rings. The van der Waals surface area contributed by atoms with Crippen molar-refractivity contribution in [2.24, 2.45) is 0 Å². The van der Waals surface area contributed by atoms with Crippen LogP contribution in [0.15, 0.2) is 4.21 Å². The van der Waals surface area contributed by atoms with E-state index in [1.165, 1.54) is 0 Å². The fraction of sp³-hybridized carbons (Fsp3) is 0.444. The van der Waals surface area contributed by atoms with Gasteiger partial charge < -0.3 is 5.73 Å². The Hall–Kier alpha value is -1.10. The molecule has 1 aromatic heterocycles. The van der Waals surface area contributed by atoms with E-state index in [0.29, 0.717) is 12.1 Å². The van der Waals surface area contributed by atoms with Crippen LogP contribution in [0.3, 0.4) is 0 Å². The predicted octanol–water partition coefficient (Wildman–Crippen LogP) is 0.724. The number of hydrogen-bond donors (Lipinski definition) is 2. The summed E-state index contributed by atoms with van der Waals surface area (Å²) in [5.74, 6) is 2.40. The van der Waals surface area contributed by atoms with Crippen molar-refractivity contribution < 1.29 is 8.42 Å². The van der Waals surface area contributed by atoms with Crippen LogP contribution in [0.2, 0.25) is 0 Å². The Morgan fingerprint density at radius 3 is 2.75 bits per heavy atom. The molecule has 0 fully saturated rings. The van der Waals surface area contributed by atoms with Gasteiger partial charge in [0.05, 0.1) is 5.69 Å². The van der Waals surface area contributed by atoms with Gasteiger partial charge in [0.2, 0.25) is 0 Å². The second kappa shape index (κ2) is 4.82. The molecule has 0 aliphatic heterocycles. The molecule has 16 heavy (non-hydrogen) atoms. The van der Waals surface area contributed by atoms with Crippen molar-refractivity contribution in [2.75, 3.05) is 5.73 Å². The lowest BCUT2D eigenvalue weighted by atomic mass is 10.3. The lowest BCUT2D eigenvalue weighted by Gasteiger charge is -2.10. The zero-order valence-electron chi connectivity index (χ0n) is 9.02. The van der Waals surface area contributed by atoms with Crippen LogP contribution in [-0.2, 0) is 10.0 Å². The van der Waals surface area contributed by atoms with Crippen LogP contribution < -0.4 is 10.5 Å². The van der Waals surface area contributed by atoms with Crippen LogP contribution >= 0.6 is 11.3 Å². The Bertz CT molecular complexity index is 513. The summed E-state index contributed by atoms with van der Waals surface area (Å²) in [5, 5.41) is 0.238. The fourth-order valence-electron chi connectivity index (χ4n) is 1.19. The van der Waals surface area contributed by atoms with Gasteiger partial charge in [-0.2, -0.15) is 0 Å². The zero-order valence-corrected chi connectivity index (χ0v) is 10.7. The van der Waals surface area contributed by atoms with Gasteiger partial charge in [0.1, 0.15) is 0 Å². The third-order valence-corrected chi connectivity index (χ3v) is 4.98. The SMILES string of the molecule is C#CCC(C)NS(=O)(=O)c1sc(N)nc1C. The van der Waals surface area contributed by atoms with Crippen LogP contribution in [-0.4, -0.2) is 19.4 Å². The minimum atomic E-state index is -3.56. The third kappa shape index (κ3) is 2.95. The standard InChI is InChI=1S/C9H13N3O2S2/c1-4-5-6(2)12-16(13,14)8-7(3)11-9(10)15-8/h1,6,12H,5H2,2-3H3,(H2,10,11). The molecule has 0 spiro atoms. The number of aryl methyl sites for hydroxylation is 1. The van der Waals surface area contributed by atoms with Crippen molar-refractivity contribution >= 4 is 26.5 Å². The quantitative estimate of drug-likeness (QED) is 0.780. The average molecular weight is 259 g/mol. The smallest absolute Gasteiger partial charge is 0.252 e. The summed E-state index contributed by atoms with van der Waals surface area (Å²) in [7, 11) is -3.56. The molecule has 1 heterocycles. The first-order valence-electron chi connectivity index (χ1n) is 4.55. The number of terminal acetylenes is 1. The molecule has 0 aliphatic carbocycles. The maximum absolute atomic E-state index is 11.9. The number of nitrogens with zero attached hydrogens (tertiary/aromatic N) is 1. The molecule has 5 nitrogen and oxygen atoms in total. The van der Waals surface area contributed by atoms with E-state index < -0.39 is 10.0 Å². The zero-order chi connectivity index (χ0) is 12.3. The molecule has 0 amide bonds. The lowest BCUT2D eigenvalue weighted by molar-refractivity contribution is 0.565. The maximum atomic E-state index is 11.9. The van der Waals surface area contributed by atoms with E-state index in [9.17, 15) is 8.42 Å². The van der Waals surface area contributed by atoms with Crippen molar-refractivity contribution in [3.05, 3.63) is 5.69 Å². The number of nitrogen functional groups attached to an aromatic ring is 1. The Morgan fingerprint density at radius 1 is 1.69 bits per heavy atom. The minimum absolute atomic E-state index is 0.147. The van der Waals surface area contributed by atoms with E-state index in [2.05, 4.69) is 15.6 Å². The fourth-order valence-corrected chi connectivity index (χ4v) is 3.75. The number of nitrogens with two attached hydrogens (primary N) is 1. The van der Waals surface area contributed by atoms with Crippen molar-refractivity contribution in [1.29, 1.82) is 0 Å². The van der Waals surface area contributed by atoms with Gasteiger partial charge >= 0.3 is 0 Å². The second-order valence-electron chi connectivity index (χ2n) is 3.36. The van der Waals surface area contributed by atoms with Crippen LogP contribution in [0.1, 0.15) is 19.0 Å². The van der Waals surface area contributed by atoms with Gasteiger partial charge in [-0.05, 0) is 13.8 Å². The summed E-state index contributed by atoms with van der Waals surface area (Å²) in [5.41, 5.74) is 5.85. The first kappa shape index (κ1) is 13.0. The predicted molar refractivity (Wildman–Crippen MR) is 64.5 cm³/mol. The molecule has 0 aromatic carbocycles. The summed E-state index contributed by atoms with van der Waals surface area (Å²) in [6, 6.07) is -0.308. The summed E-state index contributed by atoms with van der Waals surface area (Å²) in [4.78, 5) is 3.87. The Kier molecular flexibility index (Phi) is 3.91. The summed E-state index contributed by atoms with van der Waals surface area (Å²) in [6.07, 6.45) is 5.45. The summed E-state index contributed by atoms with van der Waals surface area (Å²) >= 11 is 0.946. The van der Waals surface area contributed by atoms with E-state index >= 15 is 0 Å². The number of sulfonamides is 1. The molecule has 1 atom stereocenters. The number of nitrogens with one attached hydrogen (secondary N) is 1. The molecular weight excluding hydrogens is 246 g/mol. The van der Waals surface area contributed by atoms with Gasteiger partial charge in [-0.3, -0.25) is 0 Å². The molecule has 3 N–H and O–H groups in total. The normalized spacial score (nSPS) is 13.3. The van der Waals surface area contributed by atoms with Crippen molar-refractivity contribution in [3.63, 3.8) is 0 Å². The van der Waals surface area contributed by atoms with Crippen molar-refractivity contribution in [2.45, 2.75) is 30.5 Å². The number of rotatable bonds is 4. The van der Waals surface area contributed by atoms with E-state index in [-0.39, 0.29) is 15.4 Å². The van der Waals surface area contributed by atoms with Crippen molar-refractivity contribution in [1.82, 2.24) is 9.71 Å². The Labute approximate surface area is 99.1 Å². The van der Waals surface area contributed by atoms with E-state index in [4.69, 9.17) is 12.2 Å². The Morgan fingerprint density at radius 2 is 2.31 bits per heavy atom. The van der Waals surface area contributed by atoms with Gasteiger partial charge in [0, 0.05) is 12.5 Å². The van der Waals surface area contributed by atoms with Crippen molar-refractivity contribution in [3.8, 4) is 12.3 Å². The number of hydrogen-bond acceptors (Lipinski definition) is 5. The monoisotopic (exact) mass is 259 g/mol. The molecular formula is C9H13N3O2S2. The lowest BCUT2D eigenvalue weighted by Crippen LogP contribution is -2.32. The highest BCUT2D eigenvalue weighted by Crippen LogP contribution is 2.24. The van der Waals surface area contributed by atoms with Gasteiger partial charge in [-0.25, -0.2) is 18.1 Å². The molecule has 0 aliphatic rings. The van der Waals surface area contributed by atoms with E-state index in [1.54, 1.807) is 13.8 Å². The topological polar surface area (TPSA) is 85.1 Å². The Balaban J connectivity index is 2.95. The molecule has 0 bridgehead atoms. The third-order valence-electron chi connectivity index (χ3n) is 1.80. The number of thiazole rings is 1. The van der Waals surface area contributed by atoms with E-state index in [1.807, 2.05) is 0 Å². The highest BCUT2D eigenvalue weighted by Gasteiger charge is 2.22. The molecule has 1 unspecified atom stereocenters. The molecule has 0 radical (unpaired) electrons. The van der Waals surface area contributed by atoms with Crippen LogP contribution in [0, 0.1) is 19.3 Å². The van der Waals surface area contributed by atoms with Crippen LogP contribution in [0.5, 0.6) is 0 Å². The minimum Gasteiger partial charge on any atom is -0.375 e. The van der Waals surface area contributed by atoms with Gasteiger partial charge in [-0.1, -0.05) is 11.3 Å². The first-order valence-corrected chi connectivity index (χ1v) is 6.85. The van der Waals surface area contributed by atoms with E-state index in [0.717, 1.165) is 11.3 Å². The maximum Gasteiger partial charge on any atom is 0.252 e. The van der Waals surface area contributed by atoms with Gasteiger partial charge in [0.15, 0.2) is 9.34 Å². The first-order chi connectivity index (χ1) is 7.36. The largest absolute Gasteiger partial charge is 0.375 e. The molecule has 0 saturated carbocycles. The summed E-state index contributed by atoms with van der Waals surface area (Å²) in [6.45, 7) is 3.31. The molecule has 0 saturated heterocycles. The second-order valence-corrected chi connectivity index (χ2v) is 6.30. The molecule has 1 rings (SSSR count). The van der Waals surface area contributed by atoms with Crippen LogP contribution in [0.25, 0.3) is 0 Å². The van der Waals surface area contributed by atoms with Gasteiger partial charge in [0.25, 0.3) is 10.0 Å². The highest BCUT2D eigenvalue weighted by molar-refractivity contribution is 7.91. The number of anilines is 1. The molecule has 7 heteroatoms. The summed E-state index contributed by atoms with van der Waals surface area (Å²) < 4.78 is 26.4. The number of aromatic nitrogens is 1. The highest BCUT2D eigenvalue weighted by atomic mass is 32.2. The molecule has 88 valence electrons. The van der Waals surface area contributed by atoms with Gasteiger partial charge in [-0.15, -0.1) is 12.3 Å². The van der Waals surface area contributed by atoms with Crippen LogP contribution in [0.4, 0.5) is 5.13 Å². The average Bonchev–Trinajstić information content (AvgIpc) is 2.45.